The van der Waals surface area contributed by atoms with Crippen molar-refractivity contribution in [3.8, 4) is 0 Å². The molecule has 0 spiro atoms. The van der Waals surface area contributed by atoms with Crippen molar-refractivity contribution in [2.75, 3.05) is 11.9 Å². The third-order valence-corrected chi connectivity index (χ3v) is 3.05. The molecule has 0 amide bonds. The summed E-state index contributed by atoms with van der Waals surface area (Å²) >= 11 is 0. The normalized spacial score (nSPS) is 13.9. The van der Waals surface area contributed by atoms with Gasteiger partial charge in [-0.2, -0.15) is 0 Å². The molecule has 3 N–H and O–H groups in total. The van der Waals surface area contributed by atoms with Gasteiger partial charge in [-0.05, 0) is 37.2 Å². The summed E-state index contributed by atoms with van der Waals surface area (Å²) in [6, 6.07) is 5.88. The minimum absolute atomic E-state index is 0.115. The summed E-state index contributed by atoms with van der Waals surface area (Å²) in [5, 5.41) is 6.14. The van der Waals surface area contributed by atoms with E-state index in [1.807, 2.05) is 0 Å². The fourth-order valence-electron chi connectivity index (χ4n) is 2.10. The molecule has 3 rings (SSSR count). The third-order valence-electron chi connectivity index (χ3n) is 3.05. The largest absolute Gasteiger partial charge is 0.326 e. The summed E-state index contributed by atoms with van der Waals surface area (Å²) in [4.78, 5) is 19.0. The van der Waals surface area contributed by atoms with Gasteiger partial charge in [0.05, 0.1) is 5.69 Å². The highest BCUT2D eigenvalue weighted by molar-refractivity contribution is 5.53. The highest BCUT2D eigenvalue weighted by atomic mass is 19.1. The smallest absolute Gasteiger partial charge is 0.255 e. The van der Waals surface area contributed by atoms with Gasteiger partial charge in [-0.3, -0.25) is 9.78 Å². The van der Waals surface area contributed by atoms with Crippen molar-refractivity contribution in [3.63, 3.8) is 0 Å². The van der Waals surface area contributed by atoms with Crippen LogP contribution in [0.5, 0.6) is 0 Å². The molecular weight excluding hydrogens is 247 g/mol. The van der Waals surface area contributed by atoms with Crippen LogP contribution in [0.4, 0.5) is 16.0 Å². The number of aromatic amines is 1. The van der Waals surface area contributed by atoms with Crippen molar-refractivity contribution in [1.82, 2.24) is 15.3 Å². The zero-order chi connectivity index (χ0) is 13.2. The highest BCUT2D eigenvalue weighted by Gasteiger charge is 2.14. The quantitative estimate of drug-likeness (QED) is 0.761. The fourth-order valence-corrected chi connectivity index (χ4v) is 2.10. The maximum Gasteiger partial charge on any atom is 0.255 e. The van der Waals surface area contributed by atoms with E-state index in [4.69, 9.17) is 0 Å². The van der Waals surface area contributed by atoms with Gasteiger partial charge in [0.1, 0.15) is 5.82 Å². The van der Waals surface area contributed by atoms with Crippen molar-refractivity contribution in [3.05, 3.63) is 51.7 Å². The van der Waals surface area contributed by atoms with Gasteiger partial charge >= 0.3 is 0 Å². The van der Waals surface area contributed by atoms with E-state index in [9.17, 15) is 9.18 Å². The van der Waals surface area contributed by atoms with Crippen LogP contribution in [0.25, 0.3) is 0 Å². The summed E-state index contributed by atoms with van der Waals surface area (Å²) in [6.07, 6.45) is 0.689. The average molecular weight is 260 g/mol. The second-order valence-corrected chi connectivity index (χ2v) is 4.40. The summed E-state index contributed by atoms with van der Waals surface area (Å²) in [5.74, 6) is 0.0701. The van der Waals surface area contributed by atoms with E-state index in [1.165, 1.54) is 12.1 Å². The van der Waals surface area contributed by atoms with Crippen LogP contribution in [-0.4, -0.2) is 16.5 Å². The molecule has 1 aliphatic rings. The van der Waals surface area contributed by atoms with Gasteiger partial charge in [0, 0.05) is 17.8 Å². The van der Waals surface area contributed by atoms with Gasteiger partial charge in [0.25, 0.3) is 5.56 Å². The lowest BCUT2D eigenvalue weighted by Crippen LogP contribution is -2.31. The van der Waals surface area contributed by atoms with E-state index >= 15 is 0 Å². The number of anilines is 2. The Morgan fingerprint density at radius 3 is 2.84 bits per heavy atom. The van der Waals surface area contributed by atoms with E-state index in [-0.39, 0.29) is 11.4 Å². The molecule has 0 atom stereocenters. The molecule has 6 heteroatoms. The molecule has 0 saturated heterocycles. The molecular formula is C13H13FN4O. The Morgan fingerprint density at radius 1 is 1.26 bits per heavy atom. The molecule has 0 fully saturated rings. The molecule has 0 bridgehead atoms. The minimum atomic E-state index is -0.304. The second-order valence-electron chi connectivity index (χ2n) is 4.40. The maximum atomic E-state index is 12.8. The van der Waals surface area contributed by atoms with Crippen LogP contribution >= 0.6 is 0 Å². The van der Waals surface area contributed by atoms with Crippen molar-refractivity contribution in [2.45, 2.75) is 13.0 Å². The second kappa shape index (κ2) is 4.81. The zero-order valence-electron chi connectivity index (χ0n) is 10.2. The first kappa shape index (κ1) is 11.9. The lowest BCUT2D eigenvalue weighted by Gasteiger charge is -2.16. The predicted octanol–water partition coefficient (Wildman–Crippen LogP) is 1.30. The number of hydrogen-bond acceptors (Lipinski definition) is 4. The van der Waals surface area contributed by atoms with Gasteiger partial charge in [-0.1, -0.05) is 0 Å². The van der Waals surface area contributed by atoms with E-state index in [1.54, 1.807) is 12.1 Å². The van der Waals surface area contributed by atoms with E-state index in [0.717, 1.165) is 17.8 Å². The number of halogens is 1. The molecule has 0 unspecified atom stereocenters. The number of fused-ring (bicyclic) bond motifs is 1. The molecule has 2 heterocycles. The summed E-state index contributed by atoms with van der Waals surface area (Å²) in [6.45, 7) is 1.39. The van der Waals surface area contributed by atoms with Gasteiger partial charge in [0.2, 0.25) is 5.95 Å². The Bertz CT molecular complexity index is 651. The van der Waals surface area contributed by atoms with Crippen molar-refractivity contribution < 1.29 is 4.39 Å². The monoisotopic (exact) mass is 260 g/mol. The molecule has 0 saturated carbocycles. The van der Waals surface area contributed by atoms with E-state index in [0.29, 0.717) is 24.6 Å². The molecule has 5 nitrogen and oxygen atoms in total. The van der Waals surface area contributed by atoms with Crippen LogP contribution in [0.2, 0.25) is 0 Å². The summed E-state index contributed by atoms with van der Waals surface area (Å²) in [5.41, 5.74) is 2.06. The Labute approximate surface area is 108 Å². The lowest BCUT2D eigenvalue weighted by atomic mass is 10.1. The number of nitrogens with zero attached hydrogens (tertiary/aromatic N) is 1. The van der Waals surface area contributed by atoms with Crippen LogP contribution in [0.15, 0.2) is 29.1 Å². The standard InChI is InChI=1S/C13H13FN4O/c14-8-1-3-9(4-2-8)16-13-17-11-7-15-6-5-10(11)12(19)18-13/h1-4,15H,5-7H2,(H2,16,17,18,19). The number of benzene rings is 1. The zero-order valence-corrected chi connectivity index (χ0v) is 10.2. The molecule has 0 radical (unpaired) electrons. The molecule has 19 heavy (non-hydrogen) atoms. The van der Waals surface area contributed by atoms with Crippen molar-refractivity contribution >= 4 is 11.6 Å². The Balaban J connectivity index is 1.91. The Morgan fingerprint density at radius 2 is 2.05 bits per heavy atom. The van der Waals surface area contributed by atoms with E-state index in [2.05, 4.69) is 20.6 Å². The van der Waals surface area contributed by atoms with Crippen LogP contribution in [0.1, 0.15) is 11.3 Å². The number of H-pyrrole nitrogens is 1. The first-order chi connectivity index (χ1) is 9.22. The van der Waals surface area contributed by atoms with Crippen LogP contribution in [0.3, 0.4) is 0 Å². The molecule has 2 aromatic rings. The van der Waals surface area contributed by atoms with Crippen molar-refractivity contribution in [2.24, 2.45) is 0 Å². The average Bonchev–Trinajstić information content (AvgIpc) is 2.42. The first-order valence-electron chi connectivity index (χ1n) is 6.08. The summed E-state index contributed by atoms with van der Waals surface area (Å²) < 4.78 is 12.8. The molecule has 98 valence electrons. The van der Waals surface area contributed by atoms with Gasteiger partial charge in [0.15, 0.2) is 0 Å². The molecule has 1 aliphatic heterocycles. The van der Waals surface area contributed by atoms with Gasteiger partial charge in [-0.25, -0.2) is 9.37 Å². The number of rotatable bonds is 2. The minimum Gasteiger partial charge on any atom is -0.326 e. The predicted molar refractivity (Wildman–Crippen MR) is 70.0 cm³/mol. The van der Waals surface area contributed by atoms with Gasteiger partial charge < -0.3 is 10.6 Å². The van der Waals surface area contributed by atoms with Crippen molar-refractivity contribution in [1.29, 1.82) is 0 Å². The molecule has 1 aromatic heterocycles. The SMILES string of the molecule is O=c1[nH]c(Nc2ccc(F)cc2)nc2c1CCNC2. The number of aromatic nitrogens is 2. The van der Waals surface area contributed by atoms with Crippen LogP contribution in [-0.2, 0) is 13.0 Å². The lowest BCUT2D eigenvalue weighted by molar-refractivity contribution is 0.619. The van der Waals surface area contributed by atoms with E-state index < -0.39 is 0 Å². The summed E-state index contributed by atoms with van der Waals surface area (Å²) in [7, 11) is 0. The highest BCUT2D eigenvalue weighted by Crippen LogP contribution is 2.14. The number of nitrogens with one attached hydrogen (secondary N) is 3. The molecule has 0 aliphatic carbocycles. The maximum absolute atomic E-state index is 12.8. The fraction of sp³-hybridized carbons (Fsp3) is 0.231. The molecule has 1 aromatic carbocycles. The Kier molecular flexibility index (Phi) is 3.00. The first-order valence-corrected chi connectivity index (χ1v) is 6.08. The Hall–Kier alpha value is -2.21. The topological polar surface area (TPSA) is 69.8 Å². The van der Waals surface area contributed by atoms with Crippen LogP contribution < -0.4 is 16.2 Å². The van der Waals surface area contributed by atoms with Crippen LogP contribution in [0, 0.1) is 5.82 Å². The van der Waals surface area contributed by atoms with Gasteiger partial charge in [-0.15, -0.1) is 0 Å². The third kappa shape index (κ3) is 2.48. The number of hydrogen-bond donors (Lipinski definition) is 3.